The fourth-order valence-electron chi connectivity index (χ4n) is 3.09. The van der Waals surface area contributed by atoms with Crippen LogP contribution in [0.15, 0.2) is 18.2 Å². The van der Waals surface area contributed by atoms with E-state index in [1.807, 2.05) is 0 Å². The van der Waals surface area contributed by atoms with Crippen molar-refractivity contribution >= 4 is 5.78 Å². The summed E-state index contributed by atoms with van der Waals surface area (Å²) in [5.74, 6) is -0.316. The van der Waals surface area contributed by atoms with Crippen molar-refractivity contribution in [3.8, 4) is 0 Å². The maximum atomic E-state index is 13.4. The van der Waals surface area contributed by atoms with Gasteiger partial charge in [0.05, 0.1) is 0 Å². The maximum absolute atomic E-state index is 13.4. The van der Waals surface area contributed by atoms with Crippen LogP contribution in [0, 0.1) is 18.2 Å². The first-order valence-electron chi connectivity index (χ1n) is 7.05. The summed E-state index contributed by atoms with van der Waals surface area (Å²) in [7, 11) is 0. The first kappa shape index (κ1) is 14.2. The van der Waals surface area contributed by atoms with E-state index in [2.05, 4.69) is 0 Å². The molecule has 0 amide bonds. The zero-order chi connectivity index (χ0) is 13.9. The van der Waals surface area contributed by atoms with E-state index in [0.29, 0.717) is 18.5 Å². The molecule has 1 aliphatic rings. The lowest BCUT2D eigenvalue weighted by Gasteiger charge is -2.35. The number of rotatable bonds is 4. The van der Waals surface area contributed by atoms with Crippen molar-refractivity contribution in [3.63, 3.8) is 0 Å². The molecular weight excluding hydrogens is 241 g/mol. The van der Waals surface area contributed by atoms with Crippen LogP contribution in [0.3, 0.4) is 0 Å². The summed E-state index contributed by atoms with van der Waals surface area (Å²) in [4.78, 5) is 12.4. The van der Waals surface area contributed by atoms with Crippen molar-refractivity contribution in [3.05, 3.63) is 35.1 Å². The molecule has 19 heavy (non-hydrogen) atoms. The number of hydrogen-bond acceptors (Lipinski definition) is 2. The van der Waals surface area contributed by atoms with Crippen LogP contribution in [-0.4, -0.2) is 12.3 Å². The molecule has 1 fully saturated rings. The van der Waals surface area contributed by atoms with Crippen molar-refractivity contribution in [1.82, 2.24) is 0 Å². The second-order valence-electron chi connectivity index (χ2n) is 5.88. The summed E-state index contributed by atoms with van der Waals surface area (Å²) < 4.78 is 13.4. The van der Waals surface area contributed by atoms with Crippen LogP contribution < -0.4 is 5.73 Å². The van der Waals surface area contributed by atoms with Gasteiger partial charge in [-0.25, -0.2) is 4.39 Å². The average Bonchev–Trinajstić information content (AvgIpc) is 2.38. The molecule has 2 rings (SSSR count). The largest absolute Gasteiger partial charge is 0.330 e. The van der Waals surface area contributed by atoms with Gasteiger partial charge in [-0.2, -0.15) is 0 Å². The predicted octanol–water partition coefficient (Wildman–Crippen LogP) is 3.62. The summed E-state index contributed by atoms with van der Waals surface area (Å²) in [5, 5.41) is 0. The SMILES string of the molecule is Cc1cc(F)cc(C(=O)CC2(CN)CCCCC2)c1. The van der Waals surface area contributed by atoms with Gasteiger partial charge in [0, 0.05) is 12.0 Å². The third-order valence-electron chi connectivity index (χ3n) is 4.25. The highest BCUT2D eigenvalue weighted by Gasteiger charge is 2.33. The van der Waals surface area contributed by atoms with Crippen molar-refractivity contribution in [2.45, 2.75) is 45.4 Å². The summed E-state index contributed by atoms with van der Waals surface area (Å²) in [5.41, 5.74) is 7.11. The van der Waals surface area contributed by atoms with E-state index in [-0.39, 0.29) is 17.0 Å². The highest BCUT2D eigenvalue weighted by atomic mass is 19.1. The lowest BCUT2D eigenvalue weighted by Crippen LogP contribution is -2.35. The smallest absolute Gasteiger partial charge is 0.163 e. The Morgan fingerprint density at radius 1 is 1.26 bits per heavy atom. The topological polar surface area (TPSA) is 43.1 Å². The number of carbonyl (C=O) groups excluding carboxylic acids is 1. The van der Waals surface area contributed by atoms with Crippen LogP contribution in [0.25, 0.3) is 0 Å². The monoisotopic (exact) mass is 263 g/mol. The Hall–Kier alpha value is -1.22. The van der Waals surface area contributed by atoms with Crippen molar-refractivity contribution in [2.24, 2.45) is 11.1 Å². The summed E-state index contributed by atoms with van der Waals surface area (Å²) in [6, 6.07) is 4.54. The Labute approximate surface area is 114 Å². The summed E-state index contributed by atoms with van der Waals surface area (Å²) in [6.07, 6.45) is 6.01. The number of benzene rings is 1. The maximum Gasteiger partial charge on any atom is 0.163 e. The molecule has 2 N–H and O–H groups in total. The number of ketones is 1. The Bertz CT molecular complexity index is 444. The third kappa shape index (κ3) is 3.41. The molecule has 0 bridgehead atoms. The van der Waals surface area contributed by atoms with E-state index in [0.717, 1.165) is 31.2 Å². The molecule has 2 nitrogen and oxygen atoms in total. The minimum atomic E-state index is -0.339. The Balaban J connectivity index is 2.15. The van der Waals surface area contributed by atoms with Gasteiger partial charge in [0.1, 0.15) is 5.82 Å². The molecule has 0 heterocycles. The number of halogens is 1. The number of Topliss-reactive ketones (excluding diaryl/α,β-unsaturated/α-hetero) is 1. The zero-order valence-corrected chi connectivity index (χ0v) is 11.5. The Kier molecular flexibility index (Phi) is 4.35. The zero-order valence-electron chi connectivity index (χ0n) is 11.5. The van der Waals surface area contributed by atoms with E-state index in [9.17, 15) is 9.18 Å². The van der Waals surface area contributed by atoms with Gasteiger partial charge in [-0.15, -0.1) is 0 Å². The second-order valence-corrected chi connectivity index (χ2v) is 5.88. The van der Waals surface area contributed by atoms with E-state index in [1.54, 1.807) is 13.0 Å². The van der Waals surface area contributed by atoms with Gasteiger partial charge in [0.25, 0.3) is 0 Å². The second kappa shape index (κ2) is 5.83. The highest BCUT2D eigenvalue weighted by molar-refractivity contribution is 5.96. The van der Waals surface area contributed by atoms with E-state index in [4.69, 9.17) is 5.73 Å². The van der Waals surface area contributed by atoms with Gasteiger partial charge < -0.3 is 5.73 Å². The molecular formula is C16H22FNO. The fourth-order valence-corrected chi connectivity index (χ4v) is 3.09. The molecule has 3 heteroatoms. The normalized spacial score (nSPS) is 18.3. The van der Waals surface area contributed by atoms with Crippen LogP contribution >= 0.6 is 0 Å². The first-order valence-corrected chi connectivity index (χ1v) is 7.05. The van der Waals surface area contributed by atoms with Crippen LogP contribution in [-0.2, 0) is 0 Å². The van der Waals surface area contributed by atoms with E-state index >= 15 is 0 Å². The molecule has 0 aliphatic heterocycles. The Morgan fingerprint density at radius 2 is 1.95 bits per heavy atom. The van der Waals surface area contributed by atoms with Crippen LogP contribution in [0.2, 0.25) is 0 Å². The molecule has 1 aliphatic carbocycles. The lowest BCUT2D eigenvalue weighted by atomic mass is 9.70. The van der Waals surface area contributed by atoms with Crippen LogP contribution in [0.4, 0.5) is 4.39 Å². The Morgan fingerprint density at radius 3 is 2.53 bits per heavy atom. The minimum absolute atomic E-state index is 0.0231. The molecule has 0 saturated heterocycles. The van der Waals surface area contributed by atoms with Gasteiger partial charge in [-0.3, -0.25) is 4.79 Å². The standard InChI is InChI=1S/C16H22FNO/c1-12-7-13(9-14(17)8-12)15(19)10-16(11-18)5-3-2-4-6-16/h7-9H,2-6,10-11,18H2,1H3. The van der Waals surface area contributed by atoms with E-state index in [1.165, 1.54) is 18.6 Å². The molecule has 1 saturated carbocycles. The quantitative estimate of drug-likeness (QED) is 0.843. The molecule has 0 spiro atoms. The summed E-state index contributed by atoms with van der Waals surface area (Å²) in [6.45, 7) is 2.35. The number of carbonyl (C=O) groups is 1. The number of nitrogens with two attached hydrogens (primary N) is 1. The first-order chi connectivity index (χ1) is 9.04. The summed E-state index contributed by atoms with van der Waals surface area (Å²) >= 11 is 0. The highest BCUT2D eigenvalue weighted by Crippen LogP contribution is 2.39. The minimum Gasteiger partial charge on any atom is -0.330 e. The van der Waals surface area contributed by atoms with Gasteiger partial charge in [-0.05, 0) is 55.5 Å². The third-order valence-corrected chi connectivity index (χ3v) is 4.25. The van der Waals surface area contributed by atoms with E-state index < -0.39 is 0 Å². The van der Waals surface area contributed by atoms with Gasteiger partial charge in [-0.1, -0.05) is 19.3 Å². The molecule has 0 atom stereocenters. The average molecular weight is 263 g/mol. The molecule has 104 valence electrons. The molecule has 0 aromatic heterocycles. The molecule has 1 aromatic rings. The predicted molar refractivity (Wildman–Crippen MR) is 74.7 cm³/mol. The van der Waals surface area contributed by atoms with Crippen LogP contribution in [0.1, 0.15) is 54.4 Å². The molecule has 1 aromatic carbocycles. The van der Waals surface area contributed by atoms with Crippen molar-refractivity contribution in [1.29, 1.82) is 0 Å². The van der Waals surface area contributed by atoms with Crippen molar-refractivity contribution < 1.29 is 9.18 Å². The number of hydrogen-bond donors (Lipinski definition) is 1. The fraction of sp³-hybridized carbons (Fsp3) is 0.562. The molecule has 0 radical (unpaired) electrons. The van der Waals surface area contributed by atoms with Crippen LogP contribution in [0.5, 0.6) is 0 Å². The van der Waals surface area contributed by atoms with Gasteiger partial charge >= 0.3 is 0 Å². The van der Waals surface area contributed by atoms with Gasteiger partial charge in [0.15, 0.2) is 5.78 Å². The van der Waals surface area contributed by atoms with Crippen molar-refractivity contribution in [2.75, 3.05) is 6.54 Å². The van der Waals surface area contributed by atoms with Gasteiger partial charge in [0.2, 0.25) is 0 Å². The lowest BCUT2D eigenvalue weighted by molar-refractivity contribution is 0.0867. The number of aryl methyl sites for hydroxylation is 1. The molecule has 0 unspecified atom stereocenters.